The number of nitrogens with two attached hydrogens (primary N) is 1. The molecule has 1 heterocycles. The molecule has 2 aromatic rings. The number of benzene rings is 1. The molecule has 0 fully saturated rings. The van der Waals surface area contributed by atoms with Crippen LogP contribution in [0.5, 0.6) is 0 Å². The van der Waals surface area contributed by atoms with Gasteiger partial charge in [-0.15, -0.1) is 0 Å². The van der Waals surface area contributed by atoms with Crippen LogP contribution in [-0.2, 0) is 6.18 Å². The van der Waals surface area contributed by atoms with Gasteiger partial charge in [0.05, 0.1) is 16.1 Å². The summed E-state index contributed by atoms with van der Waals surface area (Å²) < 4.78 is 37.9. The van der Waals surface area contributed by atoms with Gasteiger partial charge in [-0.05, 0) is 12.1 Å². The predicted octanol–water partition coefficient (Wildman–Crippen LogP) is 3.20. The van der Waals surface area contributed by atoms with E-state index in [4.69, 9.17) is 22.6 Å². The first-order valence-electron chi connectivity index (χ1n) is 4.95. The number of rotatable bonds is 1. The molecule has 0 atom stereocenters. The Morgan fingerprint density at radius 2 is 2.05 bits per heavy atom. The molecule has 8 heteroatoms. The number of halogens is 4. The van der Waals surface area contributed by atoms with E-state index >= 15 is 0 Å². The molecule has 0 saturated carbocycles. The Bertz CT molecular complexity index is 670. The quantitative estimate of drug-likeness (QED) is 0.790. The fourth-order valence-corrected chi connectivity index (χ4v) is 1.85. The van der Waals surface area contributed by atoms with Gasteiger partial charge >= 0.3 is 6.18 Å². The Morgan fingerprint density at radius 3 is 2.63 bits per heavy atom. The highest BCUT2D eigenvalue weighted by Crippen LogP contribution is 2.39. The number of nitriles is 1. The van der Waals surface area contributed by atoms with Crippen molar-refractivity contribution in [3.63, 3.8) is 0 Å². The third kappa shape index (κ3) is 2.35. The highest BCUT2D eigenvalue weighted by molar-refractivity contribution is 6.33. The van der Waals surface area contributed by atoms with Crippen molar-refractivity contribution in [2.24, 2.45) is 0 Å². The normalized spacial score (nSPS) is 11.3. The van der Waals surface area contributed by atoms with Gasteiger partial charge in [0, 0.05) is 17.4 Å². The number of hydrogen-bond acceptors (Lipinski definition) is 3. The van der Waals surface area contributed by atoms with Gasteiger partial charge in [0.25, 0.3) is 0 Å². The second-order valence-corrected chi connectivity index (χ2v) is 4.08. The van der Waals surface area contributed by atoms with Gasteiger partial charge in [-0.1, -0.05) is 11.6 Å². The number of H-pyrrole nitrogens is 1. The van der Waals surface area contributed by atoms with Crippen molar-refractivity contribution in [3.05, 3.63) is 34.5 Å². The largest absolute Gasteiger partial charge is 0.418 e. The van der Waals surface area contributed by atoms with E-state index in [-0.39, 0.29) is 21.8 Å². The number of alkyl halides is 3. The van der Waals surface area contributed by atoms with Crippen molar-refractivity contribution >= 4 is 17.3 Å². The van der Waals surface area contributed by atoms with Crippen molar-refractivity contribution < 1.29 is 13.2 Å². The van der Waals surface area contributed by atoms with Crippen molar-refractivity contribution in [1.29, 1.82) is 5.26 Å². The first-order chi connectivity index (χ1) is 8.84. The molecule has 1 aromatic carbocycles. The summed E-state index contributed by atoms with van der Waals surface area (Å²) in [4.78, 5) is 0. The molecule has 3 N–H and O–H groups in total. The van der Waals surface area contributed by atoms with Crippen LogP contribution in [0.15, 0.2) is 18.3 Å². The monoisotopic (exact) mass is 286 g/mol. The van der Waals surface area contributed by atoms with E-state index in [0.29, 0.717) is 0 Å². The van der Waals surface area contributed by atoms with Crippen LogP contribution in [0.4, 0.5) is 18.9 Å². The van der Waals surface area contributed by atoms with Crippen molar-refractivity contribution in [2.75, 3.05) is 5.73 Å². The SMILES string of the molecule is N#Cc1c[nH]nc1-c1cc(N)c(C(F)(F)F)cc1Cl. The van der Waals surface area contributed by atoms with Crippen LogP contribution in [-0.4, -0.2) is 10.2 Å². The lowest BCUT2D eigenvalue weighted by molar-refractivity contribution is -0.136. The van der Waals surface area contributed by atoms with E-state index in [1.54, 1.807) is 0 Å². The lowest BCUT2D eigenvalue weighted by atomic mass is 10.0. The molecule has 0 aliphatic carbocycles. The average molecular weight is 287 g/mol. The van der Waals surface area contributed by atoms with Crippen LogP contribution in [0.25, 0.3) is 11.3 Å². The first-order valence-corrected chi connectivity index (χ1v) is 5.33. The van der Waals surface area contributed by atoms with Crippen LogP contribution in [0.2, 0.25) is 5.02 Å². The van der Waals surface area contributed by atoms with Crippen molar-refractivity contribution in [2.45, 2.75) is 6.18 Å². The Balaban J connectivity index is 2.63. The van der Waals surface area contributed by atoms with Gasteiger partial charge < -0.3 is 5.73 Å². The fourth-order valence-electron chi connectivity index (χ4n) is 1.60. The minimum Gasteiger partial charge on any atom is -0.398 e. The Labute approximate surface area is 110 Å². The minimum absolute atomic E-state index is 0.160. The number of hydrogen-bond donors (Lipinski definition) is 2. The lowest BCUT2D eigenvalue weighted by Gasteiger charge is -2.12. The molecule has 2 rings (SSSR count). The van der Waals surface area contributed by atoms with Gasteiger partial charge in [-0.25, -0.2) is 0 Å². The Hall–Kier alpha value is -2.20. The van der Waals surface area contributed by atoms with Crippen LogP contribution >= 0.6 is 11.6 Å². The summed E-state index contributed by atoms with van der Waals surface area (Å²) in [7, 11) is 0. The Morgan fingerprint density at radius 1 is 1.37 bits per heavy atom. The molecular formula is C11H6ClF3N4. The molecular weight excluding hydrogens is 281 g/mol. The van der Waals surface area contributed by atoms with Gasteiger partial charge in [0.1, 0.15) is 11.8 Å². The third-order valence-electron chi connectivity index (χ3n) is 2.46. The number of anilines is 1. The summed E-state index contributed by atoms with van der Waals surface area (Å²) in [5.74, 6) is 0. The number of aromatic amines is 1. The van der Waals surface area contributed by atoms with Crippen LogP contribution < -0.4 is 5.73 Å². The first kappa shape index (κ1) is 13.2. The zero-order valence-corrected chi connectivity index (χ0v) is 9.97. The average Bonchev–Trinajstić information content (AvgIpc) is 2.78. The van der Waals surface area contributed by atoms with E-state index in [2.05, 4.69) is 10.2 Å². The summed E-state index contributed by atoms with van der Waals surface area (Å²) >= 11 is 5.81. The molecule has 0 aliphatic rings. The highest BCUT2D eigenvalue weighted by atomic mass is 35.5. The van der Waals surface area contributed by atoms with E-state index in [0.717, 1.165) is 12.1 Å². The van der Waals surface area contributed by atoms with Crippen molar-refractivity contribution in [1.82, 2.24) is 10.2 Å². The molecule has 19 heavy (non-hydrogen) atoms. The summed E-state index contributed by atoms with van der Waals surface area (Å²) in [6.07, 6.45) is -3.27. The zero-order chi connectivity index (χ0) is 14.2. The zero-order valence-electron chi connectivity index (χ0n) is 9.22. The van der Waals surface area contributed by atoms with Gasteiger partial charge in [0.2, 0.25) is 0 Å². The molecule has 98 valence electrons. The lowest BCUT2D eigenvalue weighted by Crippen LogP contribution is -2.09. The topological polar surface area (TPSA) is 78.5 Å². The van der Waals surface area contributed by atoms with E-state index in [1.807, 2.05) is 6.07 Å². The molecule has 0 aliphatic heterocycles. The molecule has 0 unspecified atom stereocenters. The highest BCUT2D eigenvalue weighted by Gasteiger charge is 2.34. The molecule has 0 amide bonds. The summed E-state index contributed by atoms with van der Waals surface area (Å²) in [5.41, 5.74) is 4.38. The van der Waals surface area contributed by atoms with E-state index in [1.165, 1.54) is 6.20 Å². The summed E-state index contributed by atoms with van der Waals surface area (Å²) in [6, 6.07) is 3.63. The fraction of sp³-hybridized carbons (Fsp3) is 0.0909. The molecule has 0 bridgehead atoms. The van der Waals surface area contributed by atoms with Crippen LogP contribution in [0, 0.1) is 11.3 Å². The summed E-state index contributed by atoms with van der Waals surface area (Å²) in [6.45, 7) is 0. The number of nitrogens with one attached hydrogen (secondary N) is 1. The number of nitrogen functional groups attached to an aromatic ring is 1. The van der Waals surface area contributed by atoms with Gasteiger partial charge in [0.15, 0.2) is 0 Å². The van der Waals surface area contributed by atoms with Gasteiger partial charge in [-0.2, -0.15) is 23.5 Å². The second-order valence-electron chi connectivity index (χ2n) is 3.68. The molecule has 4 nitrogen and oxygen atoms in total. The van der Waals surface area contributed by atoms with E-state index in [9.17, 15) is 13.2 Å². The standard InChI is InChI=1S/C11H6ClF3N4/c12-8-2-7(11(13,14)15)9(17)1-6(8)10-5(3-16)4-18-19-10/h1-2,4H,17H2,(H,18,19). The predicted molar refractivity (Wildman–Crippen MR) is 63.2 cm³/mol. The van der Waals surface area contributed by atoms with Crippen LogP contribution in [0.3, 0.4) is 0 Å². The maximum absolute atomic E-state index is 12.6. The molecule has 0 saturated heterocycles. The maximum atomic E-state index is 12.6. The smallest absolute Gasteiger partial charge is 0.398 e. The van der Waals surface area contributed by atoms with Crippen LogP contribution in [0.1, 0.15) is 11.1 Å². The van der Waals surface area contributed by atoms with E-state index < -0.39 is 17.4 Å². The molecule has 0 radical (unpaired) electrons. The minimum atomic E-state index is -4.59. The van der Waals surface area contributed by atoms with Gasteiger partial charge in [-0.3, -0.25) is 5.10 Å². The number of aromatic nitrogens is 2. The maximum Gasteiger partial charge on any atom is 0.418 e. The second kappa shape index (κ2) is 4.48. The number of nitrogens with zero attached hydrogens (tertiary/aromatic N) is 2. The molecule has 1 aromatic heterocycles. The molecule has 0 spiro atoms. The summed E-state index contributed by atoms with van der Waals surface area (Å²) in [5, 5.41) is 14.9. The van der Waals surface area contributed by atoms with Crippen molar-refractivity contribution in [3.8, 4) is 17.3 Å². The Kier molecular flexibility index (Phi) is 3.12. The third-order valence-corrected chi connectivity index (χ3v) is 2.77.